The van der Waals surface area contributed by atoms with Gasteiger partial charge in [0.1, 0.15) is 5.82 Å². The molecule has 0 saturated carbocycles. The van der Waals surface area contributed by atoms with Gasteiger partial charge in [-0.1, -0.05) is 18.2 Å². The van der Waals surface area contributed by atoms with Crippen molar-refractivity contribution in [3.63, 3.8) is 0 Å². The van der Waals surface area contributed by atoms with Crippen molar-refractivity contribution in [1.29, 1.82) is 0 Å². The van der Waals surface area contributed by atoms with E-state index in [4.69, 9.17) is 10.5 Å². The van der Waals surface area contributed by atoms with Gasteiger partial charge < -0.3 is 15.4 Å². The number of halogens is 1. The standard InChI is InChI=1S/C18H21FN2O/c19-18-4-2-1-3-14(18)13-22-17-9-11-21(12-10-17)16-7-5-15(20)6-8-16/h1-8,17H,9-13,20H2. The average Bonchev–Trinajstić information content (AvgIpc) is 2.55. The van der Waals surface area contributed by atoms with Gasteiger partial charge in [0.05, 0.1) is 12.7 Å². The number of nitrogens with two attached hydrogens (primary N) is 1. The van der Waals surface area contributed by atoms with E-state index >= 15 is 0 Å². The van der Waals surface area contributed by atoms with Crippen LogP contribution in [0.1, 0.15) is 18.4 Å². The molecule has 0 aromatic heterocycles. The number of anilines is 2. The van der Waals surface area contributed by atoms with Crippen LogP contribution >= 0.6 is 0 Å². The highest BCUT2D eigenvalue weighted by atomic mass is 19.1. The first-order valence-corrected chi connectivity index (χ1v) is 7.68. The molecule has 1 aliphatic heterocycles. The number of nitrogens with zero attached hydrogens (tertiary/aromatic N) is 1. The Hall–Kier alpha value is -2.07. The van der Waals surface area contributed by atoms with Gasteiger partial charge in [0.25, 0.3) is 0 Å². The predicted molar refractivity (Wildman–Crippen MR) is 87.3 cm³/mol. The van der Waals surface area contributed by atoms with E-state index < -0.39 is 0 Å². The fourth-order valence-electron chi connectivity index (χ4n) is 2.79. The summed E-state index contributed by atoms with van der Waals surface area (Å²) in [5.41, 5.74) is 8.32. The Morgan fingerprint density at radius 1 is 1.05 bits per heavy atom. The first-order valence-electron chi connectivity index (χ1n) is 7.68. The molecule has 0 atom stereocenters. The molecule has 1 saturated heterocycles. The molecule has 2 N–H and O–H groups in total. The van der Waals surface area contributed by atoms with E-state index in [0.29, 0.717) is 12.2 Å². The molecule has 0 aliphatic carbocycles. The molecule has 4 heteroatoms. The Bertz CT molecular complexity index is 607. The SMILES string of the molecule is Nc1ccc(N2CCC(OCc3ccccc3F)CC2)cc1. The molecule has 22 heavy (non-hydrogen) atoms. The second-order valence-electron chi connectivity index (χ2n) is 5.68. The van der Waals surface area contributed by atoms with E-state index in [-0.39, 0.29) is 11.9 Å². The van der Waals surface area contributed by atoms with E-state index in [9.17, 15) is 4.39 Å². The van der Waals surface area contributed by atoms with Gasteiger partial charge in [0, 0.05) is 30.0 Å². The van der Waals surface area contributed by atoms with Crippen LogP contribution in [0.3, 0.4) is 0 Å². The van der Waals surface area contributed by atoms with Crippen LogP contribution in [0.25, 0.3) is 0 Å². The predicted octanol–water partition coefficient (Wildman–Crippen LogP) is 3.59. The third-order valence-corrected chi connectivity index (χ3v) is 4.13. The summed E-state index contributed by atoms with van der Waals surface area (Å²) in [6, 6.07) is 14.7. The normalized spacial score (nSPS) is 16.0. The van der Waals surface area contributed by atoms with Gasteiger partial charge in [-0.05, 0) is 43.2 Å². The van der Waals surface area contributed by atoms with Crippen molar-refractivity contribution < 1.29 is 9.13 Å². The van der Waals surface area contributed by atoms with Crippen molar-refractivity contribution >= 4 is 11.4 Å². The highest BCUT2D eigenvalue weighted by molar-refractivity contribution is 5.53. The van der Waals surface area contributed by atoms with Crippen LogP contribution in [0, 0.1) is 5.82 Å². The van der Waals surface area contributed by atoms with Crippen LogP contribution in [0.15, 0.2) is 48.5 Å². The van der Waals surface area contributed by atoms with Crippen molar-refractivity contribution in [2.75, 3.05) is 23.7 Å². The van der Waals surface area contributed by atoms with Crippen molar-refractivity contribution in [2.24, 2.45) is 0 Å². The van der Waals surface area contributed by atoms with Crippen LogP contribution in [0.2, 0.25) is 0 Å². The fourth-order valence-corrected chi connectivity index (χ4v) is 2.79. The maximum absolute atomic E-state index is 13.6. The minimum atomic E-state index is -0.193. The topological polar surface area (TPSA) is 38.5 Å². The number of piperidine rings is 1. The van der Waals surface area contributed by atoms with E-state index in [2.05, 4.69) is 17.0 Å². The minimum absolute atomic E-state index is 0.193. The summed E-state index contributed by atoms with van der Waals surface area (Å²) in [6.07, 6.45) is 2.11. The van der Waals surface area contributed by atoms with Crippen LogP contribution in [-0.4, -0.2) is 19.2 Å². The molecule has 2 aromatic carbocycles. The second kappa shape index (κ2) is 6.79. The lowest BCUT2D eigenvalue weighted by Crippen LogP contribution is -2.37. The largest absolute Gasteiger partial charge is 0.399 e. The quantitative estimate of drug-likeness (QED) is 0.877. The average molecular weight is 300 g/mol. The van der Waals surface area contributed by atoms with Crippen molar-refractivity contribution in [2.45, 2.75) is 25.6 Å². The molecule has 2 aromatic rings. The van der Waals surface area contributed by atoms with Gasteiger partial charge in [0.2, 0.25) is 0 Å². The lowest BCUT2D eigenvalue weighted by atomic mass is 10.1. The molecular weight excluding hydrogens is 279 g/mol. The summed E-state index contributed by atoms with van der Waals surface area (Å²) in [4.78, 5) is 2.34. The van der Waals surface area contributed by atoms with Gasteiger partial charge in [-0.25, -0.2) is 4.39 Å². The maximum atomic E-state index is 13.6. The van der Waals surface area contributed by atoms with Crippen molar-refractivity contribution in [3.05, 3.63) is 59.9 Å². The molecular formula is C18H21FN2O. The molecule has 0 unspecified atom stereocenters. The number of benzene rings is 2. The number of ether oxygens (including phenoxy) is 1. The molecule has 0 bridgehead atoms. The van der Waals surface area contributed by atoms with E-state index in [0.717, 1.165) is 31.6 Å². The van der Waals surface area contributed by atoms with Gasteiger partial charge >= 0.3 is 0 Å². The summed E-state index contributed by atoms with van der Waals surface area (Å²) in [6.45, 7) is 2.25. The van der Waals surface area contributed by atoms with Crippen LogP contribution < -0.4 is 10.6 Å². The molecule has 116 valence electrons. The first kappa shape index (κ1) is 14.9. The summed E-state index contributed by atoms with van der Waals surface area (Å²) in [5.74, 6) is -0.193. The van der Waals surface area contributed by atoms with Crippen LogP contribution in [0.5, 0.6) is 0 Å². The molecule has 0 amide bonds. The molecule has 0 radical (unpaired) electrons. The Morgan fingerprint density at radius 2 is 1.73 bits per heavy atom. The monoisotopic (exact) mass is 300 g/mol. The first-order chi connectivity index (χ1) is 10.7. The van der Waals surface area contributed by atoms with E-state index in [1.807, 2.05) is 18.2 Å². The number of hydrogen-bond donors (Lipinski definition) is 1. The van der Waals surface area contributed by atoms with Gasteiger partial charge in [-0.15, -0.1) is 0 Å². The Morgan fingerprint density at radius 3 is 2.41 bits per heavy atom. The minimum Gasteiger partial charge on any atom is -0.399 e. The van der Waals surface area contributed by atoms with Crippen LogP contribution in [0.4, 0.5) is 15.8 Å². The Kier molecular flexibility index (Phi) is 4.59. The Labute approximate surface area is 130 Å². The summed E-state index contributed by atoms with van der Waals surface area (Å²) in [5, 5.41) is 0. The molecule has 0 spiro atoms. The molecule has 3 nitrogen and oxygen atoms in total. The van der Waals surface area contributed by atoms with Crippen molar-refractivity contribution in [1.82, 2.24) is 0 Å². The third-order valence-electron chi connectivity index (χ3n) is 4.13. The zero-order valence-electron chi connectivity index (χ0n) is 12.5. The third kappa shape index (κ3) is 3.57. The van der Waals surface area contributed by atoms with E-state index in [1.54, 1.807) is 12.1 Å². The van der Waals surface area contributed by atoms with Gasteiger partial charge in [-0.3, -0.25) is 0 Å². The van der Waals surface area contributed by atoms with Gasteiger partial charge in [-0.2, -0.15) is 0 Å². The van der Waals surface area contributed by atoms with E-state index in [1.165, 1.54) is 11.8 Å². The fraction of sp³-hybridized carbons (Fsp3) is 0.333. The number of nitrogen functional groups attached to an aromatic ring is 1. The highest BCUT2D eigenvalue weighted by Gasteiger charge is 2.20. The Balaban J connectivity index is 1.49. The molecule has 3 rings (SSSR count). The van der Waals surface area contributed by atoms with Crippen LogP contribution in [-0.2, 0) is 11.3 Å². The molecule has 1 heterocycles. The highest BCUT2D eigenvalue weighted by Crippen LogP contribution is 2.23. The summed E-state index contributed by atoms with van der Waals surface area (Å²) >= 11 is 0. The number of rotatable bonds is 4. The zero-order chi connectivity index (χ0) is 15.4. The zero-order valence-corrected chi connectivity index (χ0v) is 12.5. The summed E-state index contributed by atoms with van der Waals surface area (Å²) < 4.78 is 19.4. The number of hydrogen-bond acceptors (Lipinski definition) is 3. The lowest BCUT2D eigenvalue weighted by molar-refractivity contribution is 0.0238. The lowest BCUT2D eigenvalue weighted by Gasteiger charge is -2.33. The smallest absolute Gasteiger partial charge is 0.128 e. The second-order valence-corrected chi connectivity index (χ2v) is 5.68. The summed E-state index contributed by atoms with van der Waals surface area (Å²) in [7, 11) is 0. The molecule has 1 fully saturated rings. The van der Waals surface area contributed by atoms with Crippen molar-refractivity contribution in [3.8, 4) is 0 Å². The maximum Gasteiger partial charge on any atom is 0.128 e. The molecule has 1 aliphatic rings. The van der Waals surface area contributed by atoms with Gasteiger partial charge in [0.15, 0.2) is 0 Å².